The predicted molar refractivity (Wildman–Crippen MR) is 119 cm³/mol. The van der Waals surface area contributed by atoms with Crippen molar-refractivity contribution in [3.05, 3.63) is 56.4 Å². The molecule has 7 nitrogen and oxygen atoms in total. The molecule has 30 heavy (non-hydrogen) atoms. The van der Waals surface area contributed by atoms with E-state index in [0.717, 1.165) is 41.0 Å². The minimum Gasteiger partial charge on any atom is -0.478 e. The number of carbonyl (C=O) groups is 2. The maximum Gasteiger partial charge on any atom is 0.337 e. The van der Waals surface area contributed by atoms with Gasteiger partial charge in [-0.15, -0.1) is 11.3 Å². The van der Waals surface area contributed by atoms with E-state index < -0.39 is 17.6 Å². The van der Waals surface area contributed by atoms with Crippen molar-refractivity contribution in [1.82, 2.24) is 9.55 Å². The van der Waals surface area contributed by atoms with E-state index in [1.807, 2.05) is 39.0 Å². The number of aromatic carboxylic acids is 1. The Morgan fingerprint density at radius 3 is 2.67 bits per heavy atom. The number of fused-ring (bicyclic) bond motifs is 1. The Labute approximate surface area is 178 Å². The van der Waals surface area contributed by atoms with Crippen LogP contribution in [0.2, 0.25) is 0 Å². The number of thiophene rings is 1. The summed E-state index contributed by atoms with van der Waals surface area (Å²) in [6, 6.07) is 4.98. The molecule has 3 rings (SSSR count). The van der Waals surface area contributed by atoms with Crippen molar-refractivity contribution >= 4 is 39.1 Å². The van der Waals surface area contributed by atoms with Gasteiger partial charge in [0.25, 0.3) is 5.56 Å². The third kappa shape index (κ3) is 3.87. The van der Waals surface area contributed by atoms with Gasteiger partial charge in [0.2, 0.25) is 5.91 Å². The van der Waals surface area contributed by atoms with Gasteiger partial charge in [-0.05, 0) is 37.8 Å². The first-order chi connectivity index (χ1) is 14.3. The fraction of sp³-hybridized carbons (Fsp3) is 0.364. The fourth-order valence-electron chi connectivity index (χ4n) is 3.55. The fourth-order valence-corrected chi connectivity index (χ4v) is 4.47. The zero-order valence-electron chi connectivity index (χ0n) is 17.5. The quantitative estimate of drug-likeness (QED) is 0.589. The first-order valence-corrected chi connectivity index (χ1v) is 10.8. The normalized spacial score (nSPS) is 12.1. The number of amides is 1. The van der Waals surface area contributed by atoms with Crippen LogP contribution in [0.15, 0.2) is 28.4 Å². The smallest absolute Gasteiger partial charge is 0.337 e. The van der Waals surface area contributed by atoms with Crippen LogP contribution in [0.1, 0.15) is 60.5 Å². The second kappa shape index (κ2) is 8.79. The Morgan fingerprint density at radius 2 is 2.03 bits per heavy atom. The number of hydrogen-bond donors (Lipinski definition) is 2. The molecule has 0 fully saturated rings. The molecule has 2 aromatic heterocycles. The molecule has 0 spiro atoms. The number of nitrogens with zero attached hydrogens (tertiary/aromatic N) is 2. The highest BCUT2D eigenvalue weighted by Crippen LogP contribution is 2.25. The molecule has 0 bridgehead atoms. The highest BCUT2D eigenvalue weighted by molar-refractivity contribution is 7.17. The number of anilines is 1. The lowest BCUT2D eigenvalue weighted by atomic mass is 10.1. The summed E-state index contributed by atoms with van der Waals surface area (Å²) in [5.74, 6) is -1.04. The number of aryl methyl sites for hydroxylation is 3. The van der Waals surface area contributed by atoms with Gasteiger partial charge in [-0.2, -0.15) is 0 Å². The number of carbonyl (C=O) groups excluding carboxylic acids is 1. The van der Waals surface area contributed by atoms with E-state index in [2.05, 4.69) is 10.3 Å². The van der Waals surface area contributed by atoms with Gasteiger partial charge in [0.05, 0.1) is 10.9 Å². The van der Waals surface area contributed by atoms with Crippen LogP contribution in [0, 0.1) is 6.92 Å². The summed E-state index contributed by atoms with van der Waals surface area (Å²) in [6.07, 6.45) is 2.01. The number of hydrogen-bond acceptors (Lipinski definition) is 5. The summed E-state index contributed by atoms with van der Waals surface area (Å²) >= 11 is 1.13. The molecule has 0 radical (unpaired) electrons. The molecule has 3 aromatic rings. The van der Waals surface area contributed by atoms with Crippen LogP contribution >= 0.6 is 11.3 Å². The Hall–Kier alpha value is -3.00. The summed E-state index contributed by atoms with van der Waals surface area (Å²) in [4.78, 5) is 42.9. The molecular formula is C22H25N3O4S. The molecule has 1 amide bonds. The molecule has 0 aliphatic heterocycles. The van der Waals surface area contributed by atoms with Crippen molar-refractivity contribution in [1.29, 1.82) is 0 Å². The van der Waals surface area contributed by atoms with Crippen molar-refractivity contribution in [2.45, 2.75) is 53.0 Å². The lowest BCUT2D eigenvalue weighted by molar-refractivity contribution is -0.119. The maximum atomic E-state index is 13.3. The number of nitrogens with one attached hydrogen (secondary N) is 1. The van der Waals surface area contributed by atoms with Gasteiger partial charge in [0, 0.05) is 17.5 Å². The average molecular weight is 428 g/mol. The minimum absolute atomic E-state index is 0.0529. The van der Waals surface area contributed by atoms with Gasteiger partial charge >= 0.3 is 5.97 Å². The van der Waals surface area contributed by atoms with Crippen LogP contribution in [0.25, 0.3) is 10.2 Å². The Balaban J connectivity index is 2.10. The topological polar surface area (TPSA) is 101 Å². The third-order valence-corrected chi connectivity index (χ3v) is 6.04. The van der Waals surface area contributed by atoms with E-state index in [1.165, 1.54) is 9.95 Å². The Kier molecular flexibility index (Phi) is 6.36. The standard InChI is InChI=1S/C22H25N3O4S/c1-5-8-16-23-20-17(15(11-30-20)22(28)29)21(27)25(16)13(4)19(26)24-18-12(3)9-7-10-14(18)6-2/h7,9-11,13H,5-6,8H2,1-4H3,(H,24,26)(H,28,29). The number of carboxylic acid groups (broad SMARTS) is 1. The van der Waals surface area contributed by atoms with Crippen LogP contribution in [-0.2, 0) is 17.6 Å². The van der Waals surface area contributed by atoms with E-state index in [-0.39, 0.29) is 16.9 Å². The summed E-state index contributed by atoms with van der Waals surface area (Å²) in [5.41, 5.74) is 2.12. The summed E-state index contributed by atoms with van der Waals surface area (Å²) in [6.45, 7) is 7.54. The first-order valence-electron chi connectivity index (χ1n) is 9.95. The van der Waals surface area contributed by atoms with Crippen molar-refractivity contribution in [2.24, 2.45) is 0 Å². The van der Waals surface area contributed by atoms with Crippen molar-refractivity contribution in [3.8, 4) is 0 Å². The number of rotatable bonds is 7. The van der Waals surface area contributed by atoms with Crippen molar-refractivity contribution in [3.63, 3.8) is 0 Å². The van der Waals surface area contributed by atoms with Crippen molar-refractivity contribution in [2.75, 3.05) is 5.32 Å². The summed E-state index contributed by atoms with van der Waals surface area (Å²) < 4.78 is 1.34. The van der Waals surface area contributed by atoms with Gasteiger partial charge < -0.3 is 10.4 Å². The zero-order chi connectivity index (χ0) is 22.0. The van der Waals surface area contributed by atoms with Crippen LogP contribution in [-0.4, -0.2) is 26.5 Å². The van der Waals surface area contributed by atoms with E-state index in [0.29, 0.717) is 17.1 Å². The van der Waals surface area contributed by atoms with Crippen LogP contribution in [0.3, 0.4) is 0 Å². The van der Waals surface area contributed by atoms with Crippen LogP contribution in [0.4, 0.5) is 5.69 Å². The van der Waals surface area contributed by atoms with Gasteiger partial charge in [-0.25, -0.2) is 9.78 Å². The van der Waals surface area contributed by atoms with E-state index in [4.69, 9.17) is 0 Å². The molecule has 0 saturated heterocycles. The molecule has 2 N–H and O–H groups in total. The van der Waals surface area contributed by atoms with Crippen molar-refractivity contribution < 1.29 is 14.7 Å². The van der Waals surface area contributed by atoms with Crippen LogP contribution < -0.4 is 10.9 Å². The Bertz CT molecular complexity index is 1180. The molecule has 1 unspecified atom stereocenters. The second-order valence-electron chi connectivity index (χ2n) is 7.22. The lowest BCUT2D eigenvalue weighted by Gasteiger charge is -2.20. The molecule has 8 heteroatoms. The average Bonchev–Trinajstić information content (AvgIpc) is 3.14. The molecule has 1 aromatic carbocycles. The number of carboxylic acids is 1. The van der Waals surface area contributed by atoms with Crippen LogP contribution in [0.5, 0.6) is 0 Å². The number of aromatic nitrogens is 2. The molecule has 0 aliphatic carbocycles. The number of para-hydroxylation sites is 1. The van der Waals surface area contributed by atoms with Gasteiger partial charge in [-0.3, -0.25) is 14.2 Å². The SMILES string of the molecule is CCCc1nc2scc(C(=O)O)c2c(=O)n1C(C)C(=O)Nc1c(C)cccc1CC. The van der Waals surface area contributed by atoms with E-state index in [9.17, 15) is 19.5 Å². The highest BCUT2D eigenvalue weighted by atomic mass is 32.1. The molecule has 0 aliphatic rings. The van der Waals surface area contributed by atoms with Gasteiger partial charge in [0.15, 0.2) is 0 Å². The Morgan fingerprint density at radius 1 is 1.30 bits per heavy atom. The third-order valence-electron chi connectivity index (χ3n) is 5.17. The largest absolute Gasteiger partial charge is 0.478 e. The first kappa shape index (κ1) is 21.7. The van der Waals surface area contributed by atoms with E-state index in [1.54, 1.807) is 6.92 Å². The molecule has 0 saturated carbocycles. The second-order valence-corrected chi connectivity index (χ2v) is 8.07. The maximum absolute atomic E-state index is 13.3. The number of benzene rings is 1. The minimum atomic E-state index is -1.18. The summed E-state index contributed by atoms with van der Waals surface area (Å²) in [5, 5.41) is 13.9. The predicted octanol–water partition coefficient (Wildman–Crippen LogP) is 4.18. The monoisotopic (exact) mass is 427 g/mol. The van der Waals surface area contributed by atoms with Gasteiger partial charge in [0.1, 0.15) is 16.7 Å². The van der Waals surface area contributed by atoms with E-state index >= 15 is 0 Å². The highest BCUT2D eigenvalue weighted by Gasteiger charge is 2.25. The molecule has 1 atom stereocenters. The molecule has 2 heterocycles. The zero-order valence-corrected chi connectivity index (χ0v) is 18.3. The van der Waals surface area contributed by atoms with Gasteiger partial charge in [-0.1, -0.05) is 32.0 Å². The molecular weight excluding hydrogens is 402 g/mol. The summed E-state index contributed by atoms with van der Waals surface area (Å²) in [7, 11) is 0. The lowest BCUT2D eigenvalue weighted by Crippen LogP contribution is -2.35. The molecule has 158 valence electrons.